The monoisotopic (exact) mass is 370 g/mol. The number of likely N-dealkylation sites (tertiary alicyclic amines) is 1. The summed E-state index contributed by atoms with van der Waals surface area (Å²) >= 11 is 0. The number of hydrogen-bond acceptors (Lipinski definition) is 4. The van der Waals surface area contributed by atoms with Gasteiger partial charge in [0.15, 0.2) is 0 Å². The van der Waals surface area contributed by atoms with Crippen molar-refractivity contribution in [3.63, 3.8) is 0 Å². The van der Waals surface area contributed by atoms with Crippen LogP contribution in [0.5, 0.6) is 11.5 Å². The van der Waals surface area contributed by atoms with Crippen molar-refractivity contribution in [2.45, 2.75) is 18.6 Å². The van der Waals surface area contributed by atoms with Crippen molar-refractivity contribution in [3.05, 3.63) is 67.0 Å². The standard InChI is InChI=1S/C20H19FN2O4/c1-2-19(25)23-12-15(24)11-18(23)20(26)22-14-6-8-16(9-7-14)27-17-5-3-4-13(21)10-17/h2-10,15,18,24H,1,11-12H2,(H,22,26)/t15-,18+/m1/s1. The van der Waals surface area contributed by atoms with Crippen molar-refractivity contribution in [2.75, 3.05) is 11.9 Å². The third kappa shape index (κ3) is 4.51. The minimum absolute atomic E-state index is 0.101. The van der Waals surface area contributed by atoms with Gasteiger partial charge in [0.05, 0.1) is 6.10 Å². The molecular weight excluding hydrogens is 351 g/mol. The molecule has 2 amide bonds. The number of nitrogens with one attached hydrogen (secondary N) is 1. The van der Waals surface area contributed by atoms with Crippen molar-refractivity contribution in [2.24, 2.45) is 0 Å². The van der Waals surface area contributed by atoms with Gasteiger partial charge in [0.25, 0.3) is 0 Å². The fraction of sp³-hybridized carbons (Fsp3) is 0.200. The van der Waals surface area contributed by atoms with E-state index < -0.39 is 23.9 Å². The average molecular weight is 370 g/mol. The summed E-state index contributed by atoms with van der Waals surface area (Å²) in [6, 6.07) is 11.6. The SMILES string of the molecule is C=CC(=O)N1C[C@H](O)C[C@H]1C(=O)Nc1ccc(Oc2cccc(F)c2)cc1. The van der Waals surface area contributed by atoms with Gasteiger partial charge < -0.3 is 20.1 Å². The van der Waals surface area contributed by atoms with Crippen molar-refractivity contribution in [3.8, 4) is 11.5 Å². The lowest BCUT2D eigenvalue weighted by molar-refractivity contribution is -0.132. The lowest BCUT2D eigenvalue weighted by Crippen LogP contribution is -2.42. The number of benzene rings is 2. The summed E-state index contributed by atoms with van der Waals surface area (Å²) in [5.41, 5.74) is 0.513. The van der Waals surface area contributed by atoms with E-state index >= 15 is 0 Å². The highest BCUT2D eigenvalue weighted by Crippen LogP contribution is 2.25. The first kappa shape index (κ1) is 18.6. The summed E-state index contributed by atoms with van der Waals surface area (Å²) in [5.74, 6) is -0.330. The number of carbonyl (C=O) groups excluding carboxylic acids is 2. The van der Waals surface area contributed by atoms with Crippen LogP contribution in [0, 0.1) is 5.82 Å². The van der Waals surface area contributed by atoms with Crippen LogP contribution in [0.25, 0.3) is 0 Å². The van der Waals surface area contributed by atoms with E-state index in [9.17, 15) is 19.1 Å². The number of aliphatic hydroxyl groups is 1. The van der Waals surface area contributed by atoms with E-state index in [1.807, 2.05) is 0 Å². The van der Waals surface area contributed by atoms with Gasteiger partial charge in [-0.05, 0) is 42.5 Å². The van der Waals surface area contributed by atoms with E-state index in [1.165, 1.54) is 17.0 Å². The summed E-state index contributed by atoms with van der Waals surface area (Å²) in [6.45, 7) is 3.52. The number of aliphatic hydroxyl groups excluding tert-OH is 1. The Labute approximate surface area is 155 Å². The molecule has 2 atom stereocenters. The Morgan fingerprint density at radius 3 is 2.63 bits per heavy atom. The number of ether oxygens (including phenoxy) is 1. The van der Waals surface area contributed by atoms with Gasteiger partial charge in [-0.1, -0.05) is 12.6 Å². The summed E-state index contributed by atoms with van der Waals surface area (Å²) < 4.78 is 18.7. The molecule has 0 saturated carbocycles. The number of nitrogens with zero attached hydrogens (tertiary/aromatic N) is 1. The zero-order valence-corrected chi connectivity index (χ0v) is 14.5. The van der Waals surface area contributed by atoms with Crippen molar-refractivity contribution in [1.82, 2.24) is 4.90 Å². The Morgan fingerprint density at radius 2 is 1.96 bits per heavy atom. The van der Waals surface area contributed by atoms with Crippen LogP contribution in [0.4, 0.5) is 10.1 Å². The Hall–Kier alpha value is -3.19. The van der Waals surface area contributed by atoms with Crippen molar-refractivity contribution in [1.29, 1.82) is 0 Å². The van der Waals surface area contributed by atoms with Gasteiger partial charge in [0.2, 0.25) is 11.8 Å². The van der Waals surface area contributed by atoms with Crippen LogP contribution < -0.4 is 10.1 Å². The third-order valence-electron chi connectivity index (χ3n) is 4.19. The molecule has 1 fully saturated rings. The molecule has 27 heavy (non-hydrogen) atoms. The van der Waals surface area contributed by atoms with E-state index in [-0.39, 0.29) is 18.9 Å². The molecule has 0 unspecified atom stereocenters. The molecular formula is C20H19FN2O4. The van der Waals surface area contributed by atoms with E-state index in [2.05, 4.69) is 11.9 Å². The minimum atomic E-state index is -0.756. The second-order valence-electron chi connectivity index (χ2n) is 6.17. The van der Waals surface area contributed by atoms with E-state index in [4.69, 9.17) is 4.74 Å². The number of hydrogen-bond donors (Lipinski definition) is 2. The lowest BCUT2D eigenvalue weighted by Gasteiger charge is -2.22. The molecule has 6 nitrogen and oxygen atoms in total. The largest absolute Gasteiger partial charge is 0.457 e. The molecule has 1 heterocycles. The molecule has 0 spiro atoms. The van der Waals surface area contributed by atoms with Crippen molar-refractivity contribution < 1.29 is 23.8 Å². The molecule has 0 radical (unpaired) electrons. The number of carbonyl (C=O) groups is 2. The van der Waals surface area contributed by atoms with Gasteiger partial charge in [0, 0.05) is 24.7 Å². The Kier molecular flexibility index (Phi) is 5.52. The van der Waals surface area contributed by atoms with Crippen molar-refractivity contribution >= 4 is 17.5 Å². The molecule has 1 aliphatic rings. The first-order valence-electron chi connectivity index (χ1n) is 8.41. The van der Waals surface area contributed by atoms with Gasteiger partial charge in [-0.3, -0.25) is 9.59 Å². The summed E-state index contributed by atoms with van der Waals surface area (Å²) in [4.78, 5) is 25.6. The molecule has 2 aromatic carbocycles. The number of amides is 2. The Balaban J connectivity index is 1.64. The quantitative estimate of drug-likeness (QED) is 0.794. The fourth-order valence-electron chi connectivity index (χ4n) is 2.92. The smallest absolute Gasteiger partial charge is 0.247 e. The highest BCUT2D eigenvalue weighted by molar-refractivity contribution is 5.99. The molecule has 0 bridgehead atoms. The topological polar surface area (TPSA) is 78.9 Å². The van der Waals surface area contributed by atoms with Crippen LogP contribution >= 0.6 is 0 Å². The Morgan fingerprint density at radius 1 is 1.22 bits per heavy atom. The predicted octanol–water partition coefficient (Wildman–Crippen LogP) is 2.70. The molecule has 3 rings (SSSR count). The number of anilines is 1. The fourth-order valence-corrected chi connectivity index (χ4v) is 2.92. The average Bonchev–Trinajstić information content (AvgIpc) is 3.05. The predicted molar refractivity (Wildman–Crippen MR) is 97.9 cm³/mol. The third-order valence-corrected chi connectivity index (χ3v) is 4.19. The maximum absolute atomic E-state index is 13.2. The number of halogens is 1. The molecule has 0 aromatic heterocycles. The van der Waals surface area contributed by atoms with Crippen LogP contribution in [0.2, 0.25) is 0 Å². The van der Waals surface area contributed by atoms with Crippen LogP contribution in [0.1, 0.15) is 6.42 Å². The first-order valence-corrected chi connectivity index (χ1v) is 8.41. The normalized spacial score (nSPS) is 18.8. The lowest BCUT2D eigenvalue weighted by atomic mass is 10.1. The summed E-state index contributed by atoms with van der Waals surface area (Å²) in [5, 5.41) is 12.5. The van der Waals surface area contributed by atoms with Crippen LogP contribution in [0.15, 0.2) is 61.2 Å². The molecule has 7 heteroatoms. The maximum Gasteiger partial charge on any atom is 0.247 e. The van der Waals surface area contributed by atoms with Gasteiger partial charge in [-0.2, -0.15) is 0 Å². The van der Waals surface area contributed by atoms with Gasteiger partial charge >= 0.3 is 0 Å². The minimum Gasteiger partial charge on any atom is -0.457 e. The molecule has 2 aromatic rings. The summed E-state index contributed by atoms with van der Waals surface area (Å²) in [6.07, 6.45) is 0.551. The van der Waals surface area contributed by atoms with Crippen LogP contribution in [-0.4, -0.2) is 40.5 Å². The highest BCUT2D eigenvalue weighted by atomic mass is 19.1. The second kappa shape index (κ2) is 8.01. The van der Waals surface area contributed by atoms with Gasteiger partial charge in [-0.15, -0.1) is 0 Å². The zero-order chi connectivity index (χ0) is 19.4. The molecule has 140 valence electrons. The van der Waals surface area contributed by atoms with Gasteiger partial charge in [0.1, 0.15) is 23.4 Å². The Bertz CT molecular complexity index is 853. The zero-order valence-electron chi connectivity index (χ0n) is 14.5. The van der Waals surface area contributed by atoms with E-state index in [0.29, 0.717) is 17.2 Å². The van der Waals surface area contributed by atoms with Gasteiger partial charge in [-0.25, -0.2) is 4.39 Å². The van der Waals surface area contributed by atoms with Crippen LogP contribution in [-0.2, 0) is 9.59 Å². The molecule has 0 aliphatic carbocycles. The maximum atomic E-state index is 13.2. The van der Waals surface area contributed by atoms with E-state index in [1.54, 1.807) is 36.4 Å². The highest BCUT2D eigenvalue weighted by Gasteiger charge is 2.37. The summed E-state index contributed by atoms with van der Waals surface area (Å²) in [7, 11) is 0. The number of rotatable bonds is 5. The first-order chi connectivity index (χ1) is 13.0. The van der Waals surface area contributed by atoms with E-state index in [0.717, 1.165) is 6.08 Å². The molecule has 1 aliphatic heterocycles. The molecule has 2 N–H and O–H groups in total. The molecule has 1 saturated heterocycles. The second-order valence-corrected chi connectivity index (χ2v) is 6.17. The van der Waals surface area contributed by atoms with Crippen LogP contribution in [0.3, 0.4) is 0 Å². The number of β-amino-alcohol motifs (C(OH)–C–C–N with tert-alkyl or cyclic N) is 1.